The smallest absolute Gasteiger partial charge is 0.404 e. The fourth-order valence-corrected chi connectivity index (χ4v) is 6.29. The van der Waals surface area contributed by atoms with Crippen molar-refractivity contribution in [3.05, 3.63) is 35.7 Å². The van der Waals surface area contributed by atoms with Crippen LogP contribution >= 0.6 is 0 Å². The van der Waals surface area contributed by atoms with Crippen molar-refractivity contribution in [2.75, 3.05) is 4.90 Å². The minimum atomic E-state index is -4.05. The van der Waals surface area contributed by atoms with E-state index in [4.69, 9.17) is 5.11 Å². The van der Waals surface area contributed by atoms with E-state index >= 15 is 0 Å². The SMILES string of the molecule is CCc1nn(C[C@H](C)NC(=O)O)c(CC)c1S(=O)(=O)c1cccc(N2C(=O)CC(C)(C)CC2=O)c1. The third-order valence-electron chi connectivity index (χ3n) is 5.98. The molecule has 1 aliphatic heterocycles. The number of aromatic nitrogens is 2. The molecule has 1 aliphatic rings. The largest absolute Gasteiger partial charge is 0.465 e. The molecule has 35 heavy (non-hydrogen) atoms. The van der Waals surface area contributed by atoms with E-state index in [2.05, 4.69) is 10.4 Å². The van der Waals surface area contributed by atoms with Gasteiger partial charge in [-0.1, -0.05) is 33.8 Å². The Hall–Kier alpha value is -3.21. The van der Waals surface area contributed by atoms with Crippen LogP contribution in [-0.2, 0) is 38.8 Å². The first kappa shape index (κ1) is 26.4. The normalized spacial score (nSPS) is 16.9. The molecular formula is C24H32N4O6S. The maximum Gasteiger partial charge on any atom is 0.404 e. The van der Waals surface area contributed by atoms with E-state index in [9.17, 15) is 22.8 Å². The van der Waals surface area contributed by atoms with Crippen LogP contribution in [0.15, 0.2) is 34.1 Å². The summed E-state index contributed by atoms with van der Waals surface area (Å²) in [6.45, 7) is 9.16. The zero-order chi connectivity index (χ0) is 26.1. The summed E-state index contributed by atoms with van der Waals surface area (Å²) < 4.78 is 29.2. The van der Waals surface area contributed by atoms with Crippen LogP contribution in [0.4, 0.5) is 10.5 Å². The number of sulfone groups is 1. The van der Waals surface area contributed by atoms with Crippen LogP contribution in [0.3, 0.4) is 0 Å². The third-order valence-corrected chi connectivity index (χ3v) is 7.86. The number of carboxylic acid groups (broad SMARTS) is 1. The lowest BCUT2D eigenvalue weighted by molar-refractivity contribution is -0.132. The van der Waals surface area contributed by atoms with Gasteiger partial charge in [-0.15, -0.1) is 0 Å². The van der Waals surface area contributed by atoms with Gasteiger partial charge in [0, 0.05) is 18.9 Å². The van der Waals surface area contributed by atoms with Gasteiger partial charge < -0.3 is 10.4 Å². The van der Waals surface area contributed by atoms with Crippen LogP contribution in [0.2, 0.25) is 0 Å². The summed E-state index contributed by atoms with van der Waals surface area (Å²) in [6.07, 6.45) is -0.0871. The predicted molar refractivity (Wildman–Crippen MR) is 129 cm³/mol. The molecule has 1 aromatic carbocycles. The molecule has 1 aromatic heterocycles. The highest BCUT2D eigenvalue weighted by Crippen LogP contribution is 2.36. The lowest BCUT2D eigenvalue weighted by atomic mass is 9.81. The summed E-state index contributed by atoms with van der Waals surface area (Å²) in [4.78, 5) is 37.5. The average molecular weight is 505 g/mol. The van der Waals surface area contributed by atoms with Gasteiger partial charge in [0.05, 0.1) is 28.5 Å². The standard InChI is InChI=1S/C24H32N4O6S/c1-6-18-22(19(7-2)27(26-18)14-15(3)25-23(31)32)35(33,34)17-10-8-9-16(11-17)28-20(29)12-24(4,5)13-21(28)30/h8-11,15,25H,6-7,12-14H2,1-5H3,(H,31,32)/t15-/m0/s1. The maximum atomic E-state index is 13.8. The highest BCUT2D eigenvalue weighted by molar-refractivity contribution is 7.91. The molecule has 0 saturated carbocycles. The summed E-state index contributed by atoms with van der Waals surface area (Å²) >= 11 is 0. The summed E-state index contributed by atoms with van der Waals surface area (Å²) in [5.74, 6) is -0.728. The average Bonchev–Trinajstić information content (AvgIpc) is 3.09. The number of anilines is 1. The zero-order valence-electron chi connectivity index (χ0n) is 20.7. The Morgan fingerprint density at radius 2 is 1.80 bits per heavy atom. The van der Waals surface area contributed by atoms with Gasteiger partial charge in [-0.2, -0.15) is 5.10 Å². The number of hydrogen-bond donors (Lipinski definition) is 2. The van der Waals surface area contributed by atoms with E-state index in [0.29, 0.717) is 24.2 Å². The lowest BCUT2D eigenvalue weighted by Crippen LogP contribution is -2.46. The van der Waals surface area contributed by atoms with E-state index in [1.165, 1.54) is 22.9 Å². The van der Waals surface area contributed by atoms with Gasteiger partial charge in [0.25, 0.3) is 0 Å². The van der Waals surface area contributed by atoms with Crippen LogP contribution in [0.1, 0.15) is 58.8 Å². The number of carbonyl (C=O) groups excluding carboxylic acids is 2. The summed E-state index contributed by atoms with van der Waals surface area (Å²) in [7, 11) is -4.05. The number of carbonyl (C=O) groups is 3. The highest BCUT2D eigenvalue weighted by Gasteiger charge is 2.39. The van der Waals surface area contributed by atoms with Crippen molar-refractivity contribution in [2.24, 2.45) is 5.41 Å². The topological polar surface area (TPSA) is 139 Å². The number of imide groups is 1. The van der Waals surface area contributed by atoms with Crippen molar-refractivity contribution in [3.63, 3.8) is 0 Å². The summed E-state index contributed by atoms with van der Waals surface area (Å²) in [6, 6.07) is 5.38. The molecule has 2 heterocycles. The first-order chi connectivity index (χ1) is 16.3. The molecule has 11 heteroatoms. The molecular weight excluding hydrogens is 472 g/mol. The summed E-state index contributed by atoms with van der Waals surface area (Å²) in [5, 5.41) is 15.8. The number of nitrogens with one attached hydrogen (secondary N) is 1. The number of hydrogen-bond acceptors (Lipinski definition) is 6. The molecule has 2 aromatic rings. The predicted octanol–water partition coefficient (Wildman–Crippen LogP) is 3.18. The van der Waals surface area contributed by atoms with Crippen molar-refractivity contribution < 1.29 is 27.9 Å². The minimum absolute atomic E-state index is 0.0407. The first-order valence-electron chi connectivity index (χ1n) is 11.6. The fourth-order valence-electron chi connectivity index (χ4n) is 4.46. The van der Waals surface area contributed by atoms with Gasteiger partial charge in [0.1, 0.15) is 4.90 Å². The van der Waals surface area contributed by atoms with Gasteiger partial charge in [0.15, 0.2) is 0 Å². The zero-order valence-corrected chi connectivity index (χ0v) is 21.5. The Balaban J connectivity index is 2.05. The van der Waals surface area contributed by atoms with Crippen LogP contribution in [0.25, 0.3) is 0 Å². The van der Waals surface area contributed by atoms with Crippen molar-refractivity contribution in [2.45, 2.75) is 82.7 Å². The number of rotatable bonds is 8. The number of benzene rings is 1. The molecule has 190 valence electrons. The Kier molecular flexibility index (Phi) is 7.39. The van der Waals surface area contributed by atoms with Gasteiger partial charge >= 0.3 is 6.09 Å². The number of aryl methyl sites for hydroxylation is 1. The Morgan fingerprint density at radius 1 is 1.17 bits per heavy atom. The highest BCUT2D eigenvalue weighted by atomic mass is 32.2. The van der Waals surface area contributed by atoms with E-state index < -0.39 is 27.4 Å². The second-order valence-electron chi connectivity index (χ2n) is 9.60. The minimum Gasteiger partial charge on any atom is -0.465 e. The Bertz CT molecular complexity index is 1240. The van der Waals surface area contributed by atoms with E-state index in [1.807, 2.05) is 20.8 Å². The molecule has 3 amide bonds. The van der Waals surface area contributed by atoms with Crippen molar-refractivity contribution in [1.82, 2.24) is 15.1 Å². The van der Waals surface area contributed by atoms with Crippen LogP contribution in [0, 0.1) is 5.41 Å². The quantitative estimate of drug-likeness (QED) is 0.527. The maximum absolute atomic E-state index is 13.8. The van der Waals surface area contributed by atoms with Crippen molar-refractivity contribution in [3.8, 4) is 0 Å². The number of amides is 3. The fraction of sp³-hybridized carbons (Fsp3) is 0.500. The molecule has 2 N–H and O–H groups in total. The first-order valence-corrected chi connectivity index (χ1v) is 13.1. The van der Waals surface area contributed by atoms with Crippen molar-refractivity contribution in [1.29, 1.82) is 0 Å². The molecule has 0 bridgehead atoms. The van der Waals surface area contributed by atoms with Gasteiger partial charge in [-0.25, -0.2) is 13.2 Å². The molecule has 0 aliphatic carbocycles. The number of piperidine rings is 1. The van der Waals surface area contributed by atoms with Crippen LogP contribution in [-0.4, -0.2) is 47.3 Å². The van der Waals surface area contributed by atoms with E-state index in [-0.39, 0.29) is 46.7 Å². The Morgan fingerprint density at radius 3 is 2.34 bits per heavy atom. The van der Waals surface area contributed by atoms with Crippen LogP contribution in [0.5, 0.6) is 0 Å². The lowest BCUT2D eigenvalue weighted by Gasteiger charge is -2.34. The molecule has 10 nitrogen and oxygen atoms in total. The molecule has 0 radical (unpaired) electrons. The second-order valence-corrected chi connectivity index (χ2v) is 11.5. The molecule has 0 unspecified atom stereocenters. The van der Waals surface area contributed by atoms with Crippen molar-refractivity contribution >= 4 is 33.4 Å². The molecule has 1 fully saturated rings. The molecule has 0 spiro atoms. The molecule has 1 saturated heterocycles. The van der Waals surface area contributed by atoms with Crippen LogP contribution < -0.4 is 10.2 Å². The summed E-state index contributed by atoms with van der Waals surface area (Å²) in [5.41, 5.74) is 0.626. The Labute approximate surface area is 205 Å². The second kappa shape index (κ2) is 9.80. The van der Waals surface area contributed by atoms with Gasteiger partial charge in [0.2, 0.25) is 21.7 Å². The number of nitrogens with zero attached hydrogens (tertiary/aromatic N) is 3. The van der Waals surface area contributed by atoms with E-state index in [1.54, 1.807) is 19.9 Å². The van der Waals surface area contributed by atoms with Gasteiger partial charge in [-0.3, -0.25) is 19.2 Å². The molecule has 1 atom stereocenters. The van der Waals surface area contributed by atoms with Gasteiger partial charge in [-0.05, 0) is 43.4 Å². The van der Waals surface area contributed by atoms with E-state index in [0.717, 1.165) is 4.90 Å². The molecule has 3 rings (SSSR count). The monoisotopic (exact) mass is 504 g/mol. The third kappa shape index (κ3) is 5.39.